The second-order valence-electron chi connectivity index (χ2n) is 4.01. The molecule has 0 aliphatic rings. The van der Waals surface area contributed by atoms with Crippen molar-refractivity contribution in [2.75, 3.05) is 19.3 Å². The zero-order valence-corrected chi connectivity index (χ0v) is 10.4. The summed E-state index contributed by atoms with van der Waals surface area (Å²) in [7, 11) is 2.19. The molecule has 0 aliphatic heterocycles. The van der Waals surface area contributed by atoms with Gasteiger partial charge in [-0.1, -0.05) is 36.8 Å². The predicted octanol–water partition coefficient (Wildman–Crippen LogP) is 3.22. The molecule has 0 aromatic heterocycles. The maximum atomic E-state index is 4.21. The molecule has 0 spiro atoms. The zero-order valence-electron chi connectivity index (χ0n) is 9.52. The molecule has 0 N–H and O–H groups in total. The largest absolute Gasteiger partial charge is 0.302 e. The van der Waals surface area contributed by atoms with Crippen molar-refractivity contribution in [2.45, 2.75) is 25.8 Å². The Bertz CT molecular complexity index is 248. The van der Waals surface area contributed by atoms with Gasteiger partial charge in [0, 0.05) is 6.54 Å². The smallest absolute Gasteiger partial charge is 0.0230 e. The van der Waals surface area contributed by atoms with Gasteiger partial charge >= 0.3 is 0 Å². The Balaban J connectivity index is 2.16. The summed E-state index contributed by atoms with van der Waals surface area (Å²) in [5.74, 6) is 1.02. The highest BCUT2D eigenvalue weighted by molar-refractivity contribution is 7.80. The van der Waals surface area contributed by atoms with Gasteiger partial charge in [-0.15, -0.1) is 0 Å². The minimum atomic E-state index is 1.02. The monoisotopic (exact) mass is 223 g/mol. The van der Waals surface area contributed by atoms with Crippen LogP contribution in [0.4, 0.5) is 0 Å². The molecule has 0 bridgehead atoms. The molecule has 84 valence electrons. The number of hydrogen-bond acceptors (Lipinski definition) is 2. The highest BCUT2D eigenvalue weighted by Gasteiger charge is 1.98. The fourth-order valence-corrected chi connectivity index (χ4v) is 1.87. The SMILES string of the molecule is CN(CCCCCS)Cc1ccccc1. The van der Waals surface area contributed by atoms with Gasteiger partial charge in [-0.2, -0.15) is 12.6 Å². The van der Waals surface area contributed by atoms with Gasteiger partial charge in [0.2, 0.25) is 0 Å². The first-order chi connectivity index (χ1) is 7.33. The quantitative estimate of drug-likeness (QED) is 0.549. The molecule has 0 saturated heterocycles. The summed E-state index contributed by atoms with van der Waals surface area (Å²) in [5.41, 5.74) is 1.40. The molecule has 1 rings (SSSR count). The standard InChI is InChI=1S/C13H21NS/c1-14(10-6-3-7-11-15)12-13-8-4-2-5-9-13/h2,4-5,8-9,15H,3,6-7,10-12H2,1H3. The van der Waals surface area contributed by atoms with E-state index in [-0.39, 0.29) is 0 Å². The minimum absolute atomic E-state index is 1.02. The number of unbranched alkanes of at least 4 members (excludes halogenated alkanes) is 2. The lowest BCUT2D eigenvalue weighted by molar-refractivity contribution is 0.318. The Labute approximate surface area is 98.9 Å². The third-order valence-corrected chi connectivity index (χ3v) is 2.81. The Kier molecular flexibility index (Phi) is 6.53. The van der Waals surface area contributed by atoms with Crippen LogP contribution in [0.2, 0.25) is 0 Å². The predicted molar refractivity (Wildman–Crippen MR) is 70.5 cm³/mol. The van der Waals surface area contributed by atoms with Gasteiger partial charge in [0.05, 0.1) is 0 Å². The summed E-state index contributed by atoms with van der Waals surface area (Å²) in [4.78, 5) is 2.38. The van der Waals surface area contributed by atoms with Gasteiger partial charge in [0.15, 0.2) is 0 Å². The van der Waals surface area contributed by atoms with Crippen LogP contribution >= 0.6 is 12.6 Å². The van der Waals surface area contributed by atoms with E-state index in [0.717, 1.165) is 12.3 Å². The van der Waals surface area contributed by atoms with E-state index in [9.17, 15) is 0 Å². The average molecular weight is 223 g/mol. The Hall–Kier alpha value is -0.470. The van der Waals surface area contributed by atoms with E-state index >= 15 is 0 Å². The third kappa shape index (κ3) is 5.85. The van der Waals surface area contributed by atoms with Crippen molar-refractivity contribution in [2.24, 2.45) is 0 Å². The maximum Gasteiger partial charge on any atom is 0.0230 e. The van der Waals surface area contributed by atoms with Gasteiger partial charge < -0.3 is 4.90 Å². The van der Waals surface area contributed by atoms with Crippen LogP contribution in [0.25, 0.3) is 0 Å². The van der Waals surface area contributed by atoms with Crippen molar-refractivity contribution in [3.8, 4) is 0 Å². The number of hydrogen-bond donors (Lipinski definition) is 1. The molecular weight excluding hydrogens is 202 g/mol. The molecule has 0 radical (unpaired) electrons. The summed E-state index contributed by atoms with van der Waals surface area (Å²) in [5, 5.41) is 0. The van der Waals surface area contributed by atoms with E-state index in [2.05, 4.69) is 54.9 Å². The summed E-state index contributed by atoms with van der Waals surface area (Å²) in [6.07, 6.45) is 3.81. The fraction of sp³-hybridized carbons (Fsp3) is 0.538. The molecule has 1 aromatic carbocycles. The van der Waals surface area contributed by atoms with Crippen molar-refractivity contribution in [1.82, 2.24) is 4.90 Å². The van der Waals surface area contributed by atoms with Gasteiger partial charge in [-0.05, 0) is 37.8 Å². The maximum absolute atomic E-state index is 4.21. The lowest BCUT2D eigenvalue weighted by Gasteiger charge is -2.16. The fourth-order valence-electron chi connectivity index (χ4n) is 1.64. The Morgan fingerprint density at radius 1 is 1.07 bits per heavy atom. The molecule has 0 saturated carbocycles. The van der Waals surface area contributed by atoms with Crippen molar-refractivity contribution in [3.63, 3.8) is 0 Å². The summed E-state index contributed by atoms with van der Waals surface area (Å²) in [6, 6.07) is 10.6. The van der Waals surface area contributed by atoms with E-state index in [1.54, 1.807) is 0 Å². The number of rotatable bonds is 7. The first-order valence-electron chi connectivity index (χ1n) is 5.66. The molecule has 0 heterocycles. The van der Waals surface area contributed by atoms with Crippen LogP contribution in [0.15, 0.2) is 30.3 Å². The van der Waals surface area contributed by atoms with Crippen molar-refractivity contribution < 1.29 is 0 Å². The van der Waals surface area contributed by atoms with Gasteiger partial charge in [0.25, 0.3) is 0 Å². The van der Waals surface area contributed by atoms with Crippen molar-refractivity contribution in [3.05, 3.63) is 35.9 Å². The van der Waals surface area contributed by atoms with Gasteiger partial charge in [-0.25, -0.2) is 0 Å². The van der Waals surface area contributed by atoms with Crippen LogP contribution in [-0.2, 0) is 6.54 Å². The molecule has 2 heteroatoms. The number of nitrogens with zero attached hydrogens (tertiary/aromatic N) is 1. The van der Waals surface area contributed by atoms with E-state index in [0.29, 0.717) is 0 Å². The van der Waals surface area contributed by atoms with E-state index in [1.165, 1.54) is 31.4 Å². The van der Waals surface area contributed by atoms with Crippen LogP contribution in [0.1, 0.15) is 24.8 Å². The third-order valence-electron chi connectivity index (χ3n) is 2.49. The first kappa shape index (κ1) is 12.6. The highest BCUT2D eigenvalue weighted by atomic mass is 32.1. The summed E-state index contributed by atoms with van der Waals surface area (Å²) >= 11 is 4.21. The van der Waals surface area contributed by atoms with Gasteiger partial charge in [-0.3, -0.25) is 0 Å². The van der Waals surface area contributed by atoms with Crippen molar-refractivity contribution >= 4 is 12.6 Å². The van der Waals surface area contributed by atoms with E-state index < -0.39 is 0 Å². The van der Waals surface area contributed by atoms with E-state index in [1.807, 2.05) is 0 Å². The molecule has 15 heavy (non-hydrogen) atoms. The van der Waals surface area contributed by atoms with E-state index in [4.69, 9.17) is 0 Å². The zero-order chi connectivity index (χ0) is 10.9. The topological polar surface area (TPSA) is 3.24 Å². The normalized spacial score (nSPS) is 10.9. The molecule has 1 aromatic rings. The Morgan fingerprint density at radius 2 is 1.80 bits per heavy atom. The van der Waals surface area contributed by atoms with Gasteiger partial charge in [0.1, 0.15) is 0 Å². The minimum Gasteiger partial charge on any atom is -0.302 e. The molecule has 0 atom stereocenters. The molecule has 1 nitrogen and oxygen atoms in total. The first-order valence-corrected chi connectivity index (χ1v) is 6.29. The highest BCUT2D eigenvalue weighted by Crippen LogP contribution is 2.04. The number of benzene rings is 1. The lowest BCUT2D eigenvalue weighted by atomic mass is 10.2. The van der Waals surface area contributed by atoms with Crippen LogP contribution in [-0.4, -0.2) is 24.2 Å². The lowest BCUT2D eigenvalue weighted by Crippen LogP contribution is -2.18. The molecule has 0 aliphatic carbocycles. The van der Waals surface area contributed by atoms with Crippen LogP contribution in [0.5, 0.6) is 0 Å². The summed E-state index contributed by atoms with van der Waals surface area (Å²) < 4.78 is 0. The molecule has 0 amide bonds. The van der Waals surface area contributed by atoms with Crippen LogP contribution in [0, 0.1) is 0 Å². The van der Waals surface area contributed by atoms with Crippen molar-refractivity contribution in [1.29, 1.82) is 0 Å². The van der Waals surface area contributed by atoms with Crippen LogP contribution in [0.3, 0.4) is 0 Å². The molecule has 0 fully saturated rings. The van der Waals surface area contributed by atoms with Crippen LogP contribution < -0.4 is 0 Å². The second-order valence-corrected chi connectivity index (χ2v) is 4.45. The second kappa shape index (κ2) is 7.77. The number of thiol groups is 1. The summed E-state index contributed by atoms with van der Waals surface area (Å²) in [6.45, 7) is 2.24. The Morgan fingerprint density at radius 3 is 2.47 bits per heavy atom. The molecule has 0 unspecified atom stereocenters. The average Bonchev–Trinajstić information content (AvgIpc) is 2.26. The molecular formula is C13H21NS.